The molecule has 0 aliphatic heterocycles. The molecule has 0 saturated heterocycles. The number of rotatable bonds is 9. The maximum Gasteiger partial charge on any atom is 0.266 e. The summed E-state index contributed by atoms with van der Waals surface area (Å²) < 4.78 is 39.2. The fourth-order valence-electron chi connectivity index (χ4n) is 5.28. The average molecular weight is 381 g/mol. The van der Waals surface area contributed by atoms with Gasteiger partial charge in [0.15, 0.2) is 0 Å². The quantitative estimate of drug-likeness (QED) is 0.376. The first kappa shape index (κ1) is 20.7. The van der Waals surface area contributed by atoms with Gasteiger partial charge in [-0.2, -0.15) is 0 Å². The van der Waals surface area contributed by atoms with Gasteiger partial charge in [0.2, 0.25) is 0 Å². The molecule has 1 aromatic rings. The Morgan fingerprint density at radius 3 is 1.93 bits per heavy atom. The Bertz CT molecular complexity index is 555. The van der Waals surface area contributed by atoms with Crippen LogP contribution in [0.3, 0.4) is 0 Å². The first-order valence-electron chi connectivity index (χ1n) is 11.2. The van der Waals surface area contributed by atoms with Crippen molar-refractivity contribution in [1.29, 1.82) is 0 Å². The lowest BCUT2D eigenvalue weighted by atomic mass is 9.77. The lowest BCUT2D eigenvalue weighted by molar-refractivity contribution is 0.146. The predicted molar refractivity (Wildman–Crippen MR) is 106 cm³/mol. The van der Waals surface area contributed by atoms with E-state index in [4.69, 9.17) is 0 Å². The number of hydrogen-bond acceptors (Lipinski definition) is 0. The van der Waals surface area contributed by atoms with Crippen LogP contribution in [-0.2, 0) is 0 Å². The second-order valence-corrected chi connectivity index (χ2v) is 8.94. The van der Waals surface area contributed by atoms with Crippen molar-refractivity contribution in [3.05, 3.63) is 35.1 Å². The molecule has 0 radical (unpaired) electrons. The molecule has 2 fully saturated rings. The van der Waals surface area contributed by atoms with Crippen molar-refractivity contribution in [2.45, 2.75) is 102 Å². The molecule has 152 valence electrons. The SMILES string of the molecule is Fc1cc([C@H]2CC[C@H](CCCCCCC3CCCC3)CC2)ccc1C(F)F. The van der Waals surface area contributed by atoms with Crippen LogP contribution in [0, 0.1) is 17.7 Å². The van der Waals surface area contributed by atoms with Crippen LogP contribution in [0.15, 0.2) is 18.2 Å². The van der Waals surface area contributed by atoms with Crippen molar-refractivity contribution in [2.75, 3.05) is 0 Å². The molecule has 2 aliphatic rings. The monoisotopic (exact) mass is 380 g/mol. The van der Waals surface area contributed by atoms with Crippen LogP contribution in [-0.4, -0.2) is 0 Å². The zero-order valence-electron chi connectivity index (χ0n) is 16.6. The third-order valence-corrected chi connectivity index (χ3v) is 7.03. The van der Waals surface area contributed by atoms with Gasteiger partial charge in [-0.25, -0.2) is 13.2 Å². The van der Waals surface area contributed by atoms with Gasteiger partial charge in [-0.1, -0.05) is 76.3 Å². The smallest absolute Gasteiger partial charge is 0.206 e. The van der Waals surface area contributed by atoms with Gasteiger partial charge in [0.1, 0.15) is 5.82 Å². The Morgan fingerprint density at radius 1 is 0.778 bits per heavy atom. The van der Waals surface area contributed by atoms with E-state index in [1.807, 2.05) is 0 Å². The van der Waals surface area contributed by atoms with Gasteiger partial charge < -0.3 is 0 Å². The van der Waals surface area contributed by atoms with Gasteiger partial charge in [0.05, 0.1) is 5.56 Å². The second kappa shape index (κ2) is 10.5. The van der Waals surface area contributed by atoms with E-state index < -0.39 is 17.8 Å². The van der Waals surface area contributed by atoms with Crippen LogP contribution < -0.4 is 0 Å². The fraction of sp³-hybridized carbons (Fsp3) is 0.750. The molecule has 0 unspecified atom stereocenters. The van der Waals surface area contributed by atoms with Gasteiger partial charge >= 0.3 is 0 Å². The lowest BCUT2D eigenvalue weighted by Crippen LogP contribution is -2.13. The summed E-state index contributed by atoms with van der Waals surface area (Å²) in [6.45, 7) is 0. The molecule has 0 amide bonds. The molecule has 0 N–H and O–H groups in total. The first-order valence-corrected chi connectivity index (χ1v) is 11.2. The Kier molecular flexibility index (Phi) is 8.08. The highest BCUT2D eigenvalue weighted by Crippen LogP contribution is 2.39. The molecule has 0 heterocycles. The van der Waals surface area contributed by atoms with Crippen LogP contribution in [0.1, 0.15) is 113 Å². The minimum atomic E-state index is -2.73. The fourth-order valence-corrected chi connectivity index (χ4v) is 5.28. The predicted octanol–water partition coefficient (Wildman–Crippen LogP) is 8.57. The van der Waals surface area contributed by atoms with E-state index in [9.17, 15) is 13.2 Å². The molecule has 2 aliphatic carbocycles. The highest BCUT2D eigenvalue weighted by Gasteiger charge is 2.23. The standard InChI is InChI=1S/C24H35F3/c25-23-17-21(15-16-22(23)24(26)27)20-13-11-19(12-14-20)8-4-2-1-3-7-18-9-5-6-10-18/h15-20,24H,1-14H2/t19-,20-. The summed E-state index contributed by atoms with van der Waals surface area (Å²) in [5, 5.41) is 0. The molecule has 2 saturated carbocycles. The highest BCUT2D eigenvalue weighted by molar-refractivity contribution is 5.28. The van der Waals surface area contributed by atoms with Crippen LogP contribution in [0.5, 0.6) is 0 Å². The average Bonchev–Trinajstić information content (AvgIpc) is 3.18. The van der Waals surface area contributed by atoms with Crippen LogP contribution in [0.25, 0.3) is 0 Å². The molecule has 27 heavy (non-hydrogen) atoms. The summed E-state index contributed by atoms with van der Waals surface area (Å²) in [4.78, 5) is 0. The third-order valence-electron chi connectivity index (χ3n) is 7.03. The van der Waals surface area contributed by atoms with Gasteiger partial charge in [0.25, 0.3) is 6.43 Å². The molecular formula is C24H35F3. The van der Waals surface area contributed by atoms with Crippen molar-refractivity contribution in [1.82, 2.24) is 0 Å². The minimum absolute atomic E-state index is 0.342. The molecule has 0 aromatic heterocycles. The lowest BCUT2D eigenvalue weighted by Gasteiger charge is -2.29. The number of hydrogen-bond donors (Lipinski definition) is 0. The number of unbranched alkanes of at least 4 members (excludes halogenated alkanes) is 3. The van der Waals surface area contributed by atoms with Gasteiger partial charge in [-0.15, -0.1) is 0 Å². The van der Waals surface area contributed by atoms with Crippen molar-refractivity contribution in [2.24, 2.45) is 11.8 Å². The largest absolute Gasteiger partial charge is 0.266 e. The Hall–Kier alpha value is -0.990. The number of halogens is 3. The number of alkyl halides is 2. The second-order valence-electron chi connectivity index (χ2n) is 8.94. The summed E-state index contributed by atoms with van der Waals surface area (Å²) in [6, 6.07) is 4.32. The minimum Gasteiger partial charge on any atom is -0.206 e. The molecule has 0 spiro atoms. The molecule has 1 aromatic carbocycles. The van der Waals surface area contributed by atoms with Gasteiger partial charge in [-0.05, 0) is 55.1 Å². The normalized spacial score (nSPS) is 24.0. The van der Waals surface area contributed by atoms with Gasteiger partial charge in [0, 0.05) is 0 Å². The Labute approximate surface area is 162 Å². The topological polar surface area (TPSA) is 0 Å². The Morgan fingerprint density at radius 2 is 1.37 bits per heavy atom. The highest BCUT2D eigenvalue weighted by atomic mass is 19.3. The van der Waals surface area contributed by atoms with Gasteiger partial charge in [-0.3, -0.25) is 0 Å². The van der Waals surface area contributed by atoms with Crippen LogP contribution >= 0.6 is 0 Å². The van der Waals surface area contributed by atoms with Crippen molar-refractivity contribution in [3.8, 4) is 0 Å². The summed E-state index contributed by atoms with van der Waals surface area (Å²) in [5.74, 6) is 1.43. The van der Waals surface area contributed by atoms with E-state index in [2.05, 4.69) is 0 Å². The maximum atomic E-state index is 13.8. The zero-order chi connectivity index (χ0) is 19.1. The molecule has 0 bridgehead atoms. The molecular weight excluding hydrogens is 345 g/mol. The van der Waals surface area contributed by atoms with E-state index in [1.165, 1.54) is 89.2 Å². The number of benzene rings is 1. The van der Waals surface area contributed by atoms with E-state index >= 15 is 0 Å². The van der Waals surface area contributed by atoms with Crippen LogP contribution in [0.4, 0.5) is 13.2 Å². The maximum absolute atomic E-state index is 13.8. The van der Waals surface area contributed by atoms with Crippen molar-refractivity contribution in [3.63, 3.8) is 0 Å². The van der Waals surface area contributed by atoms with E-state index in [0.717, 1.165) is 30.2 Å². The van der Waals surface area contributed by atoms with Crippen LogP contribution in [0.2, 0.25) is 0 Å². The van der Waals surface area contributed by atoms with E-state index in [-0.39, 0.29) is 0 Å². The van der Waals surface area contributed by atoms with Crippen molar-refractivity contribution >= 4 is 0 Å². The molecule has 3 heteroatoms. The molecule has 0 nitrogen and oxygen atoms in total. The summed E-state index contributed by atoms with van der Waals surface area (Å²) >= 11 is 0. The summed E-state index contributed by atoms with van der Waals surface area (Å²) in [7, 11) is 0. The van der Waals surface area contributed by atoms with Crippen molar-refractivity contribution < 1.29 is 13.2 Å². The zero-order valence-corrected chi connectivity index (χ0v) is 16.6. The third kappa shape index (κ3) is 6.26. The summed E-state index contributed by atoms with van der Waals surface area (Å²) in [6.07, 6.45) is 16.0. The Balaban J connectivity index is 1.30. The van der Waals surface area contributed by atoms with E-state index in [1.54, 1.807) is 6.07 Å². The first-order chi connectivity index (χ1) is 13.1. The molecule has 0 atom stereocenters. The molecule has 3 rings (SSSR count). The summed E-state index contributed by atoms with van der Waals surface area (Å²) in [5.41, 5.74) is 0.433. The van der Waals surface area contributed by atoms with E-state index in [0.29, 0.717) is 5.92 Å².